The fourth-order valence-corrected chi connectivity index (χ4v) is 3.92. The van der Waals surface area contributed by atoms with Gasteiger partial charge in [0.15, 0.2) is 5.16 Å². The highest BCUT2D eigenvalue weighted by atomic mass is 32.2. The lowest BCUT2D eigenvalue weighted by Crippen LogP contribution is -2.34. The van der Waals surface area contributed by atoms with Gasteiger partial charge < -0.3 is 0 Å². The van der Waals surface area contributed by atoms with E-state index < -0.39 is 0 Å². The van der Waals surface area contributed by atoms with Gasteiger partial charge in [-0.15, -0.1) is 0 Å². The molecule has 3 heterocycles. The van der Waals surface area contributed by atoms with Gasteiger partial charge in [-0.2, -0.15) is 5.26 Å². The van der Waals surface area contributed by atoms with Crippen LogP contribution in [-0.2, 0) is 12.0 Å². The van der Waals surface area contributed by atoms with Gasteiger partial charge in [0.2, 0.25) is 0 Å². The molecular weight excluding hydrogens is 362 g/mol. The molecule has 1 atom stereocenters. The Kier molecular flexibility index (Phi) is 5.22. The van der Waals surface area contributed by atoms with Crippen molar-refractivity contribution < 1.29 is 0 Å². The van der Waals surface area contributed by atoms with Crippen molar-refractivity contribution in [2.75, 3.05) is 12.3 Å². The average Bonchev–Trinajstić information content (AvgIpc) is 2.66. The Morgan fingerprint density at radius 2 is 2.26 bits per heavy atom. The summed E-state index contributed by atoms with van der Waals surface area (Å²) in [5, 5.41) is 13.7. The van der Waals surface area contributed by atoms with E-state index in [1.807, 2.05) is 18.2 Å². The summed E-state index contributed by atoms with van der Waals surface area (Å²) in [5.41, 5.74) is 9.98. The van der Waals surface area contributed by atoms with Crippen LogP contribution in [0.5, 0.6) is 0 Å². The van der Waals surface area contributed by atoms with Crippen molar-refractivity contribution in [1.82, 2.24) is 14.5 Å². The molecule has 2 aromatic heterocycles. The molecule has 138 valence electrons. The first kappa shape index (κ1) is 19.0. The predicted octanol–water partition coefficient (Wildman–Crippen LogP) is 3.51. The number of fused-ring (bicyclic) bond motifs is 1. The van der Waals surface area contributed by atoms with E-state index in [4.69, 9.17) is 5.53 Å². The molecule has 9 heteroatoms. The number of azide groups is 1. The Morgan fingerprint density at radius 3 is 2.85 bits per heavy atom. The molecule has 0 aliphatic carbocycles. The highest BCUT2D eigenvalue weighted by Gasteiger charge is 2.25. The molecule has 0 radical (unpaired) electrons. The van der Waals surface area contributed by atoms with Gasteiger partial charge >= 0.3 is 0 Å². The first-order chi connectivity index (χ1) is 12.8. The largest absolute Gasteiger partial charge is 0.286 e. The number of hydrogen-bond donors (Lipinski definition) is 0. The van der Waals surface area contributed by atoms with Crippen LogP contribution in [0.2, 0.25) is 0 Å². The Hall–Kier alpha value is -2.82. The second-order valence-electron chi connectivity index (χ2n) is 7.42. The van der Waals surface area contributed by atoms with Crippen LogP contribution >= 0.6 is 11.8 Å². The van der Waals surface area contributed by atoms with Crippen LogP contribution in [0.15, 0.2) is 33.4 Å². The fraction of sp³-hybridized carbons (Fsp3) is 0.444. The van der Waals surface area contributed by atoms with Gasteiger partial charge in [-0.05, 0) is 23.6 Å². The minimum Gasteiger partial charge on any atom is -0.286 e. The third kappa shape index (κ3) is 3.82. The van der Waals surface area contributed by atoms with Crippen molar-refractivity contribution in [2.45, 2.75) is 37.9 Å². The second-order valence-corrected chi connectivity index (χ2v) is 8.41. The van der Waals surface area contributed by atoms with Crippen molar-refractivity contribution in [2.24, 2.45) is 11.0 Å². The average molecular weight is 381 g/mol. The summed E-state index contributed by atoms with van der Waals surface area (Å²) in [4.78, 5) is 24.7. The minimum atomic E-state index is -0.365. The molecule has 0 bridgehead atoms. The molecule has 0 saturated carbocycles. The van der Waals surface area contributed by atoms with Crippen LogP contribution in [0.4, 0.5) is 0 Å². The first-order valence-corrected chi connectivity index (χ1v) is 9.49. The Morgan fingerprint density at radius 1 is 1.48 bits per heavy atom. The molecule has 0 N–H and O–H groups in total. The molecule has 1 unspecified atom stereocenters. The van der Waals surface area contributed by atoms with Crippen LogP contribution in [0, 0.1) is 17.2 Å². The Labute approximate surface area is 160 Å². The summed E-state index contributed by atoms with van der Waals surface area (Å²) < 4.78 is 1.50. The third-order valence-electron chi connectivity index (χ3n) is 4.34. The topological polar surface area (TPSA) is 120 Å². The van der Waals surface area contributed by atoms with E-state index in [9.17, 15) is 10.1 Å². The van der Waals surface area contributed by atoms with Gasteiger partial charge in [0, 0.05) is 46.6 Å². The summed E-state index contributed by atoms with van der Waals surface area (Å²) in [6, 6.07) is 5.75. The van der Waals surface area contributed by atoms with Crippen molar-refractivity contribution in [3.63, 3.8) is 0 Å². The van der Waals surface area contributed by atoms with Crippen molar-refractivity contribution in [3.05, 3.63) is 50.4 Å². The lowest BCUT2D eigenvalue weighted by atomic mass is 9.91. The quantitative estimate of drug-likeness (QED) is 0.349. The summed E-state index contributed by atoms with van der Waals surface area (Å²) in [6.45, 7) is 6.93. The van der Waals surface area contributed by atoms with E-state index in [0.717, 1.165) is 5.69 Å². The van der Waals surface area contributed by atoms with E-state index >= 15 is 0 Å². The zero-order chi connectivity index (χ0) is 19.6. The van der Waals surface area contributed by atoms with Crippen LogP contribution in [0.3, 0.4) is 0 Å². The number of nitriles is 1. The van der Waals surface area contributed by atoms with Crippen molar-refractivity contribution >= 4 is 11.8 Å². The zero-order valence-electron chi connectivity index (χ0n) is 15.4. The number of aromatic nitrogens is 3. The highest BCUT2D eigenvalue weighted by molar-refractivity contribution is 7.99. The van der Waals surface area contributed by atoms with Crippen LogP contribution < -0.4 is 5.56 Å². The second kappa shape index (κ2) is 7.43. The van der Waals surface area contributed by atoms with E-state index in [1.54, 1.807) is 6.20 Å². The highest BCUT2D eigenvalue weighted by Crippen LogP contribution is 2.29. The summed E-state index contributed by atoms with van der Waals surface area (Å²) in [6.07, 6.45) is 1.66. The fourth-order valence-electron chi connectivity index (χ4n) is 2.86. The van der Waals surface area contributed by atoms with Gasteiger partial charge in [-0.3, -0.25) is 14.3 Å². The summed E-state index contributed by atoms with van der Waals surface area (Å²) in [5.74, 6) is 0.751. The number of nitrogens with zero attached hydrogens (tertiary/aromatic N) is 7. The van der Waals surface area contributed by atoms with Gasteiger partial charge in [0.1, 0.15) is 11.6 Å². The molecule has 8 nitrogen and oxygen atoms in total. The molecule has 0 spiro atoms. The Balaban J connectivity index is 2.04. The molecule has 0 aromatic carbocycles. The summed E-state index contributed by atoms with van der Waals surface area (Å²) >= 11 is 1.44. The van der Waals surface area contributed by atoms with Gasteiger partial charge in [0.05, 0.1) is 5.69 Å². The number of rotatable bonds is 3. The first-order valence-electron chi connectivity index (χ1n) is 8.50. The number of thioether (sulfide) groups is 1. The lowest BCUT2D eigenvalue weighted by molar-refractivity contribution is 0.438. The van der Waals surface area contributed by atoms with E-state index in [1.165, 1.54) is 16.3 Å². The molecule has 1 aliphatic rings. The van der Waals surface area contributed by atoms with Gasteiger partial charge in [0.25, 0.3) is 5.56 Å². The minimum absolute atomic E-state index is 0.00842. The van der Waals surface area contributed by atoms with Crippen LogP contribution in [-0.4, -0.2) is 26.8 Å². The smallest absolute Gasteiger partial charge is 0.272 e. The zero-order valence-corrected chi connectivity index (χ0v) is 16.2. The molecule has 27 heavy (non-hydrogen) atoms. The molecule has 2 aromatic rings. The van der Waals surface area contributed by atoms with E-state index in [2.05, 4.69) is 40.8 Å². The number of hydrogen-bond acceptors (Lipinski definition) is 6. The maximum atomic E-state index is 12.8. The standard InChI is InChI=1S/C18H19N7OS/c1-18(2,3)14-5-4-12(8-21-14)15-13(6-19)16(26)25-9-11(7-22-24-20)10-27-17(25)23-15/h4-5,8,11H,7,9-10H2,1-3H3. The SMILES string of the molecule is CC(C)(C)c1ccc(-c2nc3n(c(=O)c2C#N)CC(CN=[N+]=[N-])CS3)cn1. The van der Waals surface area contributed by atoms with E-state index in [-0.39, 0.29) is 22.5 Å². The monoisotopic (exact) mass is 381 g/mol. The van der Waals surface area contributed by atoms with E-state index in [0.29, 0.717) is 35.3 Å². The number of pyridine rings is 1. The Bertz CT molecular complexity index is 1010. The normalized spacial score (nSPS) is 16.1. The predicted molar refractivity (Wildman–Crippen MR) is 103 cm³/mol. The van der Waals surface area contributed by atoms with Gasteiger partial charge in [-0.1, -0.05) is 37.6 Å². The maximum absolute atomic E-state index is 12.8. The molecular formula is C18H19N7OS. The van der Waals surface area contributed by atoms with Crippen molar-refractivity contribution in [1.29, 1.82) is 5.26 Å². The maximum Gasteiger partial charge on any atom is 0.272 e. The molecule has 3 rings (SSSR count). The lowest BCUT2D eigenvalue weighted by Gasteiger charge is -2.24. The van der Waals surface area contributed by atoms with Crippen molar-refractivity contribution in [3.8, 4) is 17.3 Å². The molecule has 0 saturated heterocycles. The molecule has 0 fully saturated rings. The van der Waals surface area contributed by atoms with Gasteiger partial charge in [-0.25, -0.2) is 4.98 Å². The molecule has 0 amide bonds. The summed E-state index contributed by atoms with van der Waals surface area (Å²) in [7, 11) is 0. The molecule has 1 aliphatic heterocycles. The van der Waals surface area contributed by atoms with Crippen LogP contribution in [0.1, 0.15) is 32.0 Å². The third-order valence-corrected chi connectivity index (χ3v) is 5.55. The van der Waals surface area contributed by atoms with Crippen LogP contribution in [0.25, 0.3) is 21.7 Å².